The molecule has 0 atom stereocenters. The molecule has 25 heavy (non-hydrogen) atoms. The van der Waals surface area contributed by atoms with Crippen molar-refractivity contribution in [3.8, 4) is 11.4 Å². The summed E-state index contributed by atoms with van der Waals surface area (Å²) in [6.07, 6.45) is 1.63. The number of hydrogen-bond acceptors (Lipinski definition) is 7. The van der Waals surface area contributed by atoms with Gasteiger partial charge in [0.1, 0.15) is 5.52 Å². The standard InChI is InChI=1S/C17H21N7O/c18-13-3-1-2-12(10-13)15-22-16(14-17(23-15)21-11-20-14)19-4-5-24-6-8-25-9-7-24/h1-3,10-11H,4-9,18H2,(H2,19,20,21,22,23). The molecule has 3 aromatic rings. The van der Waals surface area contributed by atoms with Gasteiger partial charge in [-0.25, -0.2) is 15.0 Å². The second kappa shape index (κ2) is 7.04. The average Bonchev–Trinajstić information content (AvgIpc) is 3.11. The summed E-state index contributed by atoms with van der Waals surface area (Å²) in [5.74, 6) is 1.37. The first-order chi connectivity index (χ1) is 12.3. The summed E-state index contributed by atoms with van der Waals surface area (Å²) in [6, 6.07) is 7.55. The first kappa shape index (κ1) is 15.8. The highest BCUT2D eigenvalue weighted by atomic mass is 16.5. The number of aromatic amines is 1. The van der Waals surface area contributed by atoms with Crippen LogP contribution >= 0.6 is 0 Å². The number of fused-ring (bicyclic) bond motifs is 1. The van der Waals surface area contributed by atoms with Crippen molar-refractivity contribution in [2.75, 3.05) is 50.4 Å². The number of rotatable bonds is 5. The van der Waals surface area contributed by atoms with Gasteiger partial charge in [-0.3, -0.25) is 4.90 Å². The lowest BCUT2D eigenvalue weighted by molar-refractivity contribution is 0.0398. The van der Waals surface area contributed by atoms with Crippen molar-refractivity contribution in [2.24, 2.45) is 0 Å². The number of nitrogens with one attached hydrogen (secondary N) is 2. The minimum absolute atomic E-state index is 0.612. The maximum absolute atomic E-state index is 5.88. The SMILES string of the molecule is Nc1cccc(-c2nc(NCCN3CCOCC3)c3[nH]cnc3n2)c1. The fourth-order valence-electron chi connectivity index (χ4n) is 2.93. The Morgan fingerprint density at radius 1 is 1.24 bits per heavy atom. The zero-order valence-corrected chi connectivity index (χ0v) is 13.9. The molecule has 4 N–H and O–H groups in total. The monoisotopic (exact) mass is 339 g/mol. The van der Waals surface area contributed by atoms with Crippen LogP contribution < -0.4 is 11.1 Å². The molecule has 0 radical (unpaired) electrons. The topological polar surface area (TPSA) is 105 Å². The van der Waals surface area contributed by atoms with Gasteiger partial charge in [0.25, 0.3) is 0 Å². The molecule has 0 amide bonds. The number of aromatic nitrogens is 4. The Morgan fingerprint density at radius 3 is 2.96 bits per heavy atom. The minimum Gasteiger partial charge on any atom is -0.399 e. The predicted octanol–water partition coefficient (Wildman–Crippen LogP) is 1.35. The quantitative estimate of drug-likeness (QED) is 0.603. The number of hydrogen-bond donors (Lipinski definition) is 3. The van der Waals surface area contributed by atoms with Gasteiger partial charge in [0.2, 0.25) is 0 Å². The zero-order chi connectivity index (χ0) is 17.1. The minimum atomic E-state index is 0.612. The van der Waals surface area contributed by atoms with Gasteiger partial charge in [-0.05, 0) is 12.1 Å². The molecule has 0 unspecified atom stereocenters. The van der Waals surface area contributed by atoms with Crippen molar-refractivity contribution in [3.63, 3.8) is 0 Å². The molecule has 8 nitrogen and oxygen atoms in total. The van der Waals surface area contributed by atoms with E-state index in [0.717, 1.165) is 56.3 Å². The van der Waals surface area contributed by atoms with Gasteiger partial charge in [-0.15, -0.1) is 0 Å². The number of morpholine rings is 1. The Bertz CT molecular complexity index is 857. The maximum Gasteiger partial charge on any atom is 0.183 e. The molecule has 1 fully saturated rings. The van der Waals surface area contributed by atoms with E-state index in [-0.39, 0.29) is 0 Å². The van der Waals surface area contributed by atoms with E-state index in [2.05, 4.69) is 30.2 Å². The first-order valence-electron chi connectivity index (χ1n) is 8.40. The van der Waals surface area contributed by atoms with Crippen LogP contribution in [0.3, 0.4) is 0 Å². The first-order valence-corrected chi connectivity index (χ1v) is 8.40. The Hall–Kier alpha value is -2.71. The van der Waals surface area contributed by atoms with Crippen LogP contribution in [0.4, 0.5) is 11.5 Å². The average molecular weight is 339 g/mol. The molecular formula is C17H21N7O. The highest BCUT2D eigenvalue weighted by Gasteiger charge is 2.13. The van der Waals surface area contributed by atoms with Crippen LogP contribution in [-0.2, 0) is 4.74 Å². The lowest BCUT2D eigenvalue weighted by Gasteiger charge is -2.26. The second-order valence-corrected chi connectivity index (χ2v) is 6.00. The lowest BCUT2D eigenvalue weighted by atomic mass is 10.2. The molecule has 0 saturated carbocycles. The third-order valence-corrected chi connectivity index (χ3v) is 4.25. The third kappa shape index (κ3) is 3.54. The molecule has 1 saturated heterocycles. The Labute approximate surface area is 145 Å². The second-order valence-electron chi connectivity index (χ2n) is 6.00. The fraction of sp³-hybridized carbons (Fsp3) is 0.353. The molecule has 8 heteroatoms. The van der Waals surface area contributed by atoms with E-state index in [1.807, 2.05) is 24.3 Å². The molecule has 3 heterocycles. The summed E-state index contributed by atoms with van der Waals surface area (Å²) in [6.45, 7) is 5.28. The number of nitrogen functional groups attached to an aromatic ring is 1. The normalized spacial score (nSPS) is 15.5. The summed E-state index contributed by atoms with van der Waals surface area (Å²) in [4.78, 5) is 19.0. The van der Waals surface area contributed by atoms with Crippen LogP contribution in [-0.4, -0.2) is 64.2 Å². The van der Waals surface area contributed by atoms with E-state index in [0.29, 0.717) is 17.2 Å². The van der Waals surface area contributed by atoms with E-state index in [1.165, 1.54) is 0 Å². The summed E-state index contributed by atoms with van der Waals surface area (Å²) in [7, 11) is 0. The van der Waals surface area contributed by atoms with Crippen LogP contribution in [0, 0.1) is 0 Å². The Morgan fingerprint density at radius 2 is 2.12 bits per heavy atom. The lowest BCUT2D eigenvalue weighted by Crippen LogP contribution is -2.39. The molecule has 0 spiro atoms. The molecule has 2 aromatic heterocycles. The number of ether oxygens (including phenoxy) is 1. The van der Waals surface area contributed by atoms with Gasteiger partial charge >= 0.3 is 0 Å². The van der Waals surface area contributed by atoms with Crippen LogP contribution in [0.15, 0.2) is 30.6 Å². The van der Waals surface area contributed by atoms with Crippen molar-refractivity contribution in [1.29, 1.82) is 0 Å². The zero-order valence-electron chi connectivity index (χ0n) is 13.9. The summed E-state index contributed by atoms with van der Waals surface area (Å²) >= 11 is 0. The number of imidazole rings is 1. The van der Waals surface area contributed by atoms with Gasteiger partial charge in [0.05, 0.1) is 19.5 Å². The van der Waals surface area contributed by atoms with E-state index in [4.69, 9.17) is 10.5 Å². The molecule has 0 aliphatic carbocycles. The Balaban J connectivity index is 1.55. The Kier molecular flexibility index (Phi) is 4.45. The van der Waals surface area contributed by atoms with Gasteiger partial charge in [-0.1, -0.05) is 12.1 Å². The number of anilines is 2. The van der Waals surface area contributed by atoms with Crippen molar-refractivity contribution in [2.45, 2.75) is 0 Å². The van der Waals surface area contributed by atoms with Crippen molar-refractivity contribution in [3.05, 3.63) is 30.6 Å². The van der Waals surface area contributed by atoms with Gasteiger partial charge in [0, 0.05) is 37.4 Å². The fourth-order valence-corrected chi connectivity index (χ4v) is 2.93. The maximum atomic E-state index is 5.88. The highest BCUT2D eigenvalue weighted by Crippen LogP contribution is 2.23. The molecular weight excluding hydrogens is 318 g/mol. The summed E-state index contributed by atoms with van der Waals surface area (Å²) in [5.41, 5.74) is 8.90. The van der Waals surface area contributed by atoms with Crippen molar-refractivity contribution >= 4 is 22.7 Å². The van der Waals surface area contributed by atoms with Gasteiger partial charge in [0.15, 0.2) is 17.3 Å². The molecule has 1 aromatic carbocycles. The van der Waals surface area contributed by atoms with Crippen LogP contribution in [0.2, 0.25) is 0 Å². The predicted molar refractivity (Wildman–Crippen MR) is 97.3 cm³/mol. The number of H-pyrrole nitrogens is 1. The molecule has 1 aliphatic heterocycles. The van der Waals surface area contributed by atoms with Gasteiger partial charge < -0.3 is 20.8 Å². The number of benzene rings is 1. The number of nitrogens with two attached hydrogens (primary N) is 1. The highest BCUT2D eigenvalue weighted by molar-refractivity contribution is 5.84. The van der Waals surface area contributed by atoms with Crippen LogP contribution in [0.1, 0.15) is 0 Å². The van der Waals surface area contributed by atoms with E-state index < -0.39 is 0 Å². The van der Waals surface area contributed by atoms with Gasteiger partial charge in [-0.2, -0.15) is 0 Å². The van der Waals surface area contributed by atoms with E-state index in [1.54, 1.807) is 6.33 Å². The van der Waals surface area contributed by atoms with Crippen molar-refractivity contribution in [1.82, 2.24) is 24.8 Å². The smallest absolute Gasteiger partial charge is 0.183 e. The summed E-state index contributed by atoms with van der Waals surface area (Å²) < 4.78 is 5.38. The summed E-state index contributed by atoms with van der Waals surface area (Å²) in [5, 5.41) is 3.41. The largest absolute Gasteiger partial charge is 0.399 e. The molecule has 130 valence electrons. The molecule has 0 bridgehead atoms. The van der Waals surface area contributed by atoms with E-state index >= 15 is 0 Å². The van der Waals surface area contributed by atoms with Crippen molar-refractivity contribution < 1.29 is 4.74 Å². The van der Waals surface area contributed by atoms with E-state index in [9.17, 15) is 0 Å². The van der Waals surface area contributed by atoms with Crippen LogP contribution in [0.5, 0.6) is 0 Å². The third-order valence-electron chi connectivity index (χ3n) is 4.25. The number of nitrogens with zero attached hydrogens (tertiary/aromatic N) is 4. The molecule has 4 rings (SSSR count). The molecule has 1 aliphatic rings. The van der Waals surface area contributed by atoms with Crippen LogP contribution in [0.25, 0.3) is 22.6 Å².